The van der Waals surface area contributed by atoms with E-state index in [1.807, 2.05) is 54.7 Å². The van der Waals surface area contributed by atoms with Crippen LogP contribution in [-0.4, -0.2) is 29.0 Å². The van der Waals surface area contributed by atoms with Crippen LogP contribution in [-0.2, 0) is 29.0 Å². The van der Waals surface area contributed by atoms with Crippen LogP contribution in [0.4, 0.5) is 0 Å². The van der Waals surface area contributed by atoms with Crippen molar-refractivity contribution in [2.24, 2.45) is 0 Å². The zero-order chi connectivity index (χ0) is 20.8. The standard InChI is InChI=1S/C26H26N2O2/c1-30-26(29)25(16-22-17-27-24-15-9-8-14-23(22)24)28(18-20-10-4-2-5-11-20)19-21-12-6-3-7-13-21/h2-15,17,25,27H,16,18-19H2,1H3/t25-/m0/s1. The number of hydrogen-bond acceptors (Lipinski definition) is 3. The molecule has 0 saturated carbocycles. The second-order valence-electron chi connectivity index (χ2n) is 7.48. The normalized spacial score (nSPS) is 12.2. The molecule has 0 saturated heterocycles. The number of carbonyl (C=O) groups is 1. The molecule has 4 nitrogen and oxygen atoms in total. The van der Waals surface area contributed by atoms with Crippen LogP contribution in [0.3, 0.4) is 0 Å². The zero-order valence-corrected chi connectivity index (χ0v) is 17.1. The van der Waals surface area contributed by atoms with Crippen LogP contribution in [0.1, 0.15) is 16.7 Å². The molecule has 3 aromatic carbocycles. The Morgan fingerprint density at radius 1 is 0.867 bits per heavy atom. The fourth-order valence-corrected chi connectivity index (χ4v) is 3.92. The van der Waals surface area contributed by atoms with E-state index in [2.05, 4.69) is 46.3 Å². The average Bonchev–Trinajstić information content (AvgIpc) is 3.21. The van der Waals surface area contributed by atoms with Crippen LogP contribution >= 0.6 is 0 Å². The Kier molecular flexibility index (Phi) is 6.26. The highest BCUT2D eigenvalue weighted by molar-refractivity contribution is 5.84. The van der Waals surface area contributed by atoms with Crippen molar-refractivity contribution in [3.63, 3.8) is 0 Å². The summed E-state index contributed by atoms with van der Waals surface area (Å²) >= 11 is 0. The Hall–Kier alpha value is -3.37. The monoisotopic (exact) mass is 398 g/mol. The van der Waals surface area contributed by atoms with E-state index in [4.69, 9.17) is 4.74 Å². The third-order valence-corrected chi connectivity index (χ3v) is 5.46. The quantitative estimate of drug-likeness (QED) is 0.427. The number of para-hydroxylation sites is 1. The van der Waals surface area contributed by atoms with Crippen molar-refractivity contribution in [2.75, 3.05) is 7.11 Å². The molecule has 0 radical (unpaired) electrons. The van der Waals surface area contributed by atoms with Crippen LogP contribution in [0.2, 0.25) is 0 Å². The van der Waals surface area contributed by atoms with Crippen molar-refractivity contribution in [3.8, 4) is 0 Å². The third kappa shape index (κ3) is 4.61. The first-order valence-corrected chi connectivity index (χ1v) is 10.2. The molecule has 4 rings (SSSR count). The Morgan fingerprint density at radius 2 is 1.43 bits per heavy atom. The van der Waals surface area contributed by atoms with E-state index in [0.717, 1.165) is 16.5 Å². The predicted octanol–water partition coefficient (Wildman–Crippen LogP) is 4.95. The lowest BCUT2D eigenvalue weighted by atomic mass is 10.0. The number of rotatable bonds is 8. The van der Waals surface area contributed by atoms with Crippen molar-refractivity contribution < 1.29 is 9.53 Å². The van der Waals surface area contributed by atoms with E-state index in [9.17, 15) is 4.79 Å². The summed E-state index contributed by atoms with van der Waals surface area (Å²) in [4.78, 5) is 18.4. The van der Waals surface area contributed by atoms with Gasteiger partial charge in [-0.15, -0.1) is 0 Å². The van der Waals surface area contributed by atoms with Gasteiger partial charge in [0.25, 0.3) is 0 Å². The van der Waals surface area contributed by atoms with Gasteiger partial charge in [-0.1, -0.05) is 78.9 Å². The smallest absolute Gasteiger partial charge is 0.323 e. The van der Waals surface area contributed by atoms with Gasteiger partial charge in [-0.3, -0.25) is 9.69 Å². The second-order valence-corrected chi connectivity index (χ2v) is 7.48. The highest BCUT2D eigenvalue weighted by Crippen LogP contribution is 2.23. The minimum absolute atomic E-state index is 0.216. The topological polar surface area (TPSA) is 45.3 Å². The molecule has 0 unspecified atom stereocenters. The first-order valence-electron chi connectivity index (χ1n) is 10.2. The van der Waals surface area contributed by atoms with Gasteiger partial charge in [-0.05, 0) is 22.8 Å². The number of ether oxygens (including phenoxy) is 1. The number of carbonyl (C=O) groups excluding carboxylic acids is 1. The number of benzene rings is 3. The summed E-state index contributed by atoms with van der Waals surface area (Å²) < 4.78 is 5.24. The summed E-state index contributed by atoms with van der Waals surface area (Å²) in [5.74, 6) is -0.216. The van der Waals surface area contributed by atoms with Crippen molar-refractivity contribution in [2.45, 2.75) is 25.6 Å². The summed E-state index contributed by atoms with van der Waals surface area (Å²) in [6, 6.07) is 28.3. The van der Waals surface area contributed by atoms with Crippen molar-refractivity contribution in [3.05, 3.63) is 108 Å². The predicted molar refractivity (Wildman–Crippen MR) is 120 cm³/mol. The summed E-state index contributed by atoms with van der Waals surface area (Å²) in [5, 5.41) is 1.14. The van der Waals surface area contributed by atoms with Gasteiger partial charge in [-0.25, -0.2) is 0 Å². The number of methoxy groups -OCH3 is 1. The Morgan fingerprint density at radius 3 is 2.03 bits per heavy atom. The number of hydrogen-bond donors (Lipinski definition) is 1. The molecule has 1 N–H and O–H groups in total. The van der Waals surface area contributed by atoms with Gasteiger partial charge in [0, 0.05) is 36.6 Å². The van der Waals surface area contributed by atoms with Gasteiger partial charge in [0.2, 0.25) is 0 Å². The fourth-order valence-electron chi connectivity index (χ4n) is 3.92. The maximum absolute atomic E-state index is 12.9. The fraction of sp³-hybridized carbons (Fsp3) is 0.192. The number of aromatic nitrogens is 1. The highest BCUT2D eigenvalue weighted by atomic mass is 16.5. The van der Waals surface area contributed by atoms with Crippen LogP contribution < -0.4 is 0 Å². The highest BCUT2D eigenvalue weighted by Gasteiger charge is 2.28. The number of fused-ring (bicyclic) bond motifs is 1. The molecule has 0 bridgehead atoms. The molecule has 0 aliphatic rings. The Labute approximate surface area is 177 Å². The number of nitrogens with one attached hydrogen (secondary N) is 1. The molecule has 4 aromatic rings. The molecule has 0 aliphatic carbocycles. The molecule has 1 atom stereocenters. The first-order chi connectivity index (χ1) is 14.7. The Balaban J connectivity index is 1.67. The van der Waals surface area contributed by atoms with Gasteiger partial charge in [0.15, 0.2) is 0 Å². The van der Waals surface area contributed by atoms with Crippen molar-refractivity contribution in [1.29, 1.82) is 0 Å². The second kappa shape index (κ2) is 9.42. The number of aromatic amines is 1. The average molecular weight is 399 g/mol. The zero-order valence-electron chi connectivity index (χ0n) is 17.1. The van der Waals surface area contributed by atoms with E-state index in [-0.39, 0.29) is 5.97 Å². The molecule has 0 spiro atoms. The number of nitrogens with zero attached hydrogens (tertiary/aromatic N) is 1. The largest absolute Gasteiger partial charge is 0.468 e. The lowest BCUT2D eigenvalue weighted by molar-refractivity contribution is -0.147. The molecule has 4 heteroatoms. The van der Waals surface area contributed by atoms with E-state index in [1.54, 1.807) is 0 Å². The first kappa shape index (κ1) is 19.9. The molecule has 1 aromatic heterocycles. The lowest BCUT2D eigenvalue weighted by Gasteiger charge is -2.30. The van der Waals surface area contributed by atoms with Crippen molar-refractivity contribution in [1.82, 2.24) is 9.88 Å². The molecule has 30 heavy (non-hydrogen) atoms. The van der Waals surface area contributed by atoms with Crippen LogP contribution in [0.25, 0.3) is 10.9 Å². The maximum Gasteiger partial charge on any atom is 0.323 e. The van der Waals surface area contributed by atoms with Gasteiger partial charge < -0.3 is 9.72 Å². The number of esters is 1. The van der Waals surface area contributed by atoms with Crippen LogP contribution in [0, 0.1) is 0 Å². The minimum Gasteiger partial charge on any atom is -0.468 e. The Bertz CT molecular complexity index is 1050. The van der Waals surface area contributed by atoms with Crippen LogP contribution in [0.5, 0.6) is 0 Å². The lowest BCUT2D eigenvalue weighted by Crippen LogP contribution is -2.42. The third-order valence-electron chi connectivity index (χ3n) is 5.46. The minimum atomic E-state index is -0.394. The summed E-state index contributed by atoms with van der Waals surface area (Å²) in [6.07, 6.45) is 2.58. The van der Waals surface area contributed by atoms with Gasteiger partial charge >= 0.3 is 5.97 Å². The molecule has 1 heterocycles. The summed E-state index contributed by atoms with van der Waals surface area (Å²) in [7, 11) is 1.47. The summed E-state index contributed by atoms with van der Waals surface area (Å²) in [5.41, 5.74) is 4.53. The van der Waals surface area contributed by atoms with E-state index in [0.29, 0.717) is 19.5 Å². The molecule has 0 fully saturated rings. The van der Waals surface area contributed by atoms with Crippen LogP contribution in [0.15, 0.2) is 91.1 Å². The molecular weight excluding hydrogens is 372 g/mol. The molecule has 0 aliphatic heterocycles. The number of H-pyrrole nitrogens is 1. The SMILES string of the molecule is COC(=O)[C@H](Cc1c[nH]c2ccccc12)N(Cc1ccccc1)Cc1ccccc1. The molecule has 0 amide bonds. The van der Waals surface area contributed by atoms with Gasteiger partial charge in [0.05, 0.1) is 7.11 Å². The van der Waals surface area contributed by atoms with E-state index < -0.39 is 6.04 Å². The van der Waals surface area contributed by atoms with Gasteiger partial charge in [0.1, 0.15) is 6.04 Å². The van der Waals surface area contributed by atoms with Gasteiger partial charge in [-0.2, -0.15) is 0 Å². The molecular formula is C26H26N2O2. The summed E-state index contributed by atoms with van der Waals surface area (Å²) in [6.45, 7) is 1.33. The van der Waals surface area contributed by atoms with E-state index >= 15 is 0 Å². The maximum atomic E-state index is 12.9. The van der Waals surface area contributed by atoms with Crippen molar-refractivity contribution >= 4 is 16.9 Å². The van der Waals surface area contributed by atoms with E-state index in [1.165, 1.54) is 18.2 Å². The molecule has 152 valence electrons.